The lowest BCUT2D eigenvalue weighted by atomic mass is 9.62. The Morgan fingerprint density at radius 1 is 1.16 bits per heavy atom. The molecule has 5 N–H and O–H groups in total. The molecule has 0 saturated heterocycles. The fraction of sp³-hybridized carbons (Fsp3) is 0.333. The number of aromatic hydroxyl groups is 1. The average molecular weight is 506 g/mol. The summed E-state index contributed by atoms with van der Waals surface area (Å²) in [5.41, 5.74) is 7.19. The predicted octanol–water partition coefficient (Wildman–Crippen LogP) is 2.60. The van der Waals surface area contributed by atoms with Crippen molar-refractivity contribution in [2.24, 2.45) is 23.5 Å². The number of allylic oxidation sites excluding steroid dienone is 3. The van der Waals surface area contributed by atoms with E-state index in [2.05, 4.69) is 4.98 Å². The Kier molecular flexibility index (Phi) is 5.69. The number of fused-ring (bicyclic) bond motifs is 3. The van der Waals surface area contributed by atoms with Crippen LogP contribution in [0.1, 0.15) is 28.8 Å². The summed E-state index contributed by atoms with van der Waals surface area (Å²) in [6.45, 7) is 0. The highest BCUT2D eigenvalue weighted by atomic mass is 16.5. The third-order valence-electron chi connectivity index (χ3n) is 7.60. The Balaban J connectivity index is 1.67. The molecule has 0 spiro atoms. The van der Waals surface area contributed by atoms with E-state index in [1.54, 1.807) is 18.2 Å². The summed E-state index contributed by atoms with van der Waals surface area (Å²) in [7, 11) is 5.16. The van der Waals surface area contributed by atoms with Crippen LogP contribution in [0.3, 0.4) is 0 Å². The van der Waals surface area contributed by atoms with Crippen LogP contribution in [0.4, 0.5) is 5.69 Å². The molecule has 192 valence electrons. The van der Waals surface area contributed by atoms with Crippen LogP contribution >= 0.6 is 0 Å². The number of phenolic OH excluding ortho intramolecular Hbond substituents is 1. The zero-order chi connectivity index (χ0) is 26.8. The number of nitrogens with zero attached hydrogens (tertiary/aromatic N) is 2. The van der Waals surface area contributed by atoms with Gasteiger partial charge in [-0.25, -0.2) is 4.98 Å². The minimum absolute atomic E-state index is 0.00123. The van der Waals surface area contributed by atoms with Crippen LogP contribution in [0.15, 0.2) is 47.1 Å². The number of aromatic nitrogens is 1. The van der Waals surface area contributed by atoms with Crippen molar-refractivity contribution in [3.63, 3.8) is 0 Å². The number of hydrogen-bond acceptors (Lipinski definition) is 9. The number of methoxy groups -OCH3 is 1. The molecule has 3 aliphatic carbocycles. The van der Waals surface area contributed by atoms with E-state index in [0.29, 0.717) is 35.4 Å². The third-order valence-corrected chi connectivity index (χ3v) is 7.60. The Hall–Kier alpha value is -4.34. The molecule has 0 radical (unpaired) electrons. The molecule has 1 aromatic heterocycles. The summed E-state index contributed by atoms with van der Waals surface area (Å²) >= 11 is 0. The lowest BCUT2D eigenvalue weighted by molar-refractivity contribution is -0.126. The van der Waals surface area contributed by atoms with Crippen molar-refractivity contribution in [3.8, 4) is 22.8 Å². The molecular formula is C27H27N3O7. The minimum Gasteiger partial charge on any atom is -0.511 e. The van der Waals surface area contributed by atoms with Crippen LogP contribution in [0.5, 0.6) is 11.6 Å². The number of Topliss-reactive ketones (excluding diaryl/α,β-unsaturated/α-hetero) is 2. The van der Waals surface area contributed by atoms with E-state index < -0.39 is 46.6 Å². The summed E-state index contributed by atoms with van der Waals surface area (Å²) in [6, 6.07) is 5.16. The van der Waals surface area contributed by atoms with Crippen molar-refractivity contribution in [3.05, 3.63) is 58.2 Å². The van der Waals surface area contributed by atoms with Gasteiger partial charge in [0.25, 0.3) is 5.91 Å². The maximum atomic E-state index is 13.9. The fourth-order valence-corrected chi connectivity index (χ4v) is 5.97. The number of pyridine rings is 1. The molecule has 1 heterocycles. The van der Waals surface area contributed by atoms with Gasteiger partial charge in [-0.15, -0.1) is 0 Å². The van der Waals surface area contributed by atoms with Crippen LogP contribution in [0, 0.1) is 17.8 Å². The van der Waals surface area contributed by atoms with Gasteiger partial charge in [-0.2, -0.15) is 0 Å². The van der Waals surface area contributed by atoms with Crippen molar-refractivity contribution < 1.29 is 34.4 Å². The Morgan fingerprint density at radius 2 is 1.89 bits per heavy atom. The molecule has 2 aromatic rings. The van der Waals surface area contributed by atoms with Gasteiger partial charge in [-0.1, -0.05) is 0 Å². The lowest BCUT2D eigenvalue weighted by Crippen LogP contribution is -2.43. The predicted molar refractivity (Wildman–Crippen MR) is 133 cm³/mol. The monoisotopic (exact) mass is 505 g/mol. The van der Waals surface area contributed by atoms with E-state index in [1.807, 2.05) is 19.0 Å². The number of aliphatic hydroxyl groups excluding tert-OH is 2. The van der Waals surface area contributed by atoms with Gasteiger partial charge in [0, 0.05) is 55.2 Å². The average Bonchev–Trinajstić information content (AvgIpc) is 2.83. The first-order valence-electron chi connectivity index (χ1n) is 11.9. The van der Waals surface area contributed by atoms with Gasteiger partial charge in [-0.05, 0) is 42.4 Å². The summed E-state index contributed by atoms with van der Waals surface area (Å²) in [6.07, 6.45) is 2.21. The van der Waals surface area contributed by atoms with Gasteiger partial charge >= 0.3 is 0 Å². The third kappa shape index (κ3) is 3.62. The van der Waals surface area contributed by atoms with Crippen molar-refractivity contribution in [1.82, 2.24) is 4.98 Å². The summed E-state index contributed by atoms with van der Waals surface area (Å²) in [5.74, 6) is -5.17. The molecule has 3 aliphatic rings. The molecule has 0 bridgehead atoms. The van der Waals surface area contributed by atoms with Crippen LogP contribution < -0.4 is 15.4 Å². The number of aliphatic hydroxyl groups is 2. The van der Waals surface area contributed by atoms with Gasteiger partial charge in [-0.3, -0.25) is 14.4 Å². The van der Waals surface area contributed by atoms with Crippen molar-refractivity contribution in [2.45, 2.75) is 19.3 Å². The summed E-state index contributed by atoms with van der Waals surface area (Å²) in [4.78, 5) is 44.8. The molecule has 0 saturated carbocycles. The highest BCUT2D eigenvalue weighted by Gasteiger charge is 2.50. The molecule has 1 amide bonds. The molecule has 1 unspecified atom stereocenters. The van der Waals surface area contributed by atoms with E-state index in [-0.39, 0.29) is 29.1 Å². The smallest absolute Gasteiger partial charge is 0.255 e. The second-order valence-corrected chi connectivity index (χ2v) is 9.89. The fourth-order valence-electron chi connectivity index (χ4n) is 5.97. The van der Waals surface area contributed by atoms with E-state index in [4.69, 9.17) is 10.5 Å². The number of hydrogen-bond donors (Lipinski definition) is 4. The quantitative estimate of drug-likeness (QED) is 0.457. The zero-order valence-corrected chi connectivity index (χ0v) is 20.6. The van der Waals surface area contributed by atoms with Gasteiger partial charge < -0.3 is 30.7 Å². The van der Waals surface area contributed by atoms with E-state index in [1.165, 1.54) is 13.3 Å². The summed E-state index contributed by atoms with van der Waals surface area (Å²) < 4.78 is 5.11. The number of ketones is 2. The first-order valence-corrected chi connectivity index (χ1v) is 11.9. The number of primary amides is 1. The van der Waals surface area contributed by atoms with Gasteiger partial charge in [0.15, 0.2) is 11.6 Å². The standard InChI is InChI=1S/C27H27N3O7/c1-30(2)16-9-14(11-4-5-18(37-3)29-10-11)23(32)21-15(16)7-12-6-13-8-17(31)22(27(28)36)26(35)20(13)24(33)19(12)25(21)34/h4-5,9-10,12-13,20,31-33H,6-8H2,1-3H3,(H2,28,36)/t12-,13+,20?/m1/s1. The topological polar surface area (TPSA) is 163 Å². The van der Waals surface area contributed by atoms with Gasteiger partial charge in [0.1, 0.15) is 22.8 Å². The first kappa shape index (κ1) is 24.4. The molecule has 10 nitrogen and oxygen atoms in total. The highest BCUT2D eigenvalue weighted by Crippen LogP contribution is 2.52. The number of phenols is 1. The molecular weight excluding hydrogens is 478 g/mol. The number of nitrogens with two attached hydrogens (primary N) is 1. The maximum Gasteiger partial charge on any atom is 0.255 e. The highest BCUT2D eigenvalue weighted by molar-refractivity contribution is 6.22. The van der Waals surface area contributed by atoms with Crippen LogP contribution in [-0.2, 0) is 16.0 Å². The SMILES string of the molecule is COc1ccc(-c2cc(N(C)C)c3c(c2O)C(=O)C2=C(O)C4C(=O)C(C(N)=O)=C(O)C[C@@H]4C[C@@H]2C3)cn1. The number of benzene rings is 1. The molecule has 1 aromatic carbocycles. The van der Waals surface area contributed by atoms with Crippen molar-refractivity contribution in [1.29, 1.82) is 0 Å². The van der Waals surface area contributed by atoms with Crippen molar-refractivity contribution in [2.75, 3.05) is 26.1 Å². The van der Waals surface area contributed by atoms with E-state index in [9.17, 15) is 29.7 Å². The van der Waals surface area contributed by atoms with Gasteiger partial charge in [0.05, 0.1) is 18.6 Å². The Morgan fingerprint density at radius 3 is 2.49 bits per heavy atom. The normalized spacial score (nSPS) is 22.8. The Labute approximate surface area is 212 Å². The van der Waals surface area contributed by atoms with Crippen LogP contribution in [0.2, 0.25) is 0 Å². The molecule has 0 fully saturated rings. The lowest BCUT2D eigenvalue weighted by Gasteiger charge is -2.41. The zero-order valence-electron chi connectivity index (χ0n) is 20.6. The van der Waals surface area contributed by atoms with Crippen molar-refractivity contribution >= 4 is 23.2 Å². The number of anilines is 1. The number of ether oxygens (including phenoxy) is 1. The van der Waals surface area contributed by atoms with E-state index in [0.717, 1.165) is 5.69 Å². The van der Waals surface area contributed by atoms with E-state index >= 15 is 0 Å². The first-order chi connectivity index (χ1) is 17.5. The molecule has 0 aliphatic heterocycles. The maximum absolute atomic E-state index is 13.9. The molecule has 3 atom stereocenters. The molecule has 10 heteroatoms. The molecule has 37 heavy (non-hydrogen) atoms. The number of rotatable bonds is 4. The second-order valence-electron chi connectivity index (χ2n) is 9.89. The molecule has 5 rings (SSSR count). The van der Waals surface area contributed by atoms with Crippen LogP contribution in [-0.4, -0.2) is 59.0 Å². The summed E-state index contributed by atoms with van der Waals surface area (Å²) in [5, 5.41) is 32.9. The number of carbonyl (C=O) groups excluding carboxylic acids is 3. The number of amides is 1. The largest absolute Gasteiger partial charge is 0.511 e. The second kappa shape index (κ2) is 8.65. The number of carbonyl (C=O) groups is 3. The Bertz CT molecular complexity index is 1420. The van der Waals surface area contributed by atoms with Gasteiger partial charge in [0.2, 0.25) is 5.88 Å². The van der Waals surface area contributed by atoms with Crippen LogP contribution in [0.25, 0.3) is 11.1 Å². The minimum atomic E-state index is -1.15.